The Bertz CT molecular complexity index is 533. The maximum Gasteiger partial charge on any atom is 0.260 e. The molecule has 0 atom stereocenters. The van der Waals surface area contributed by atoms with Crippen LogP contribution in [0.4, 0.5) is 0 Å². The Morgan fingerprint density at radius 3 is 2.38 bits per heavy atom. The minimum absolute atomic E-state index is 0.165. The van der Waals surface area contributed by atoms with Gasteiger partial charge in [0.2, 0.25) is 0 Å². The van der Waals surface area contributed by atoms with E-state index in [0.29, 0.717) is 25.7 Å². The Labute approximate surface area is 127 Å². The number of sulfonamides is 1. The summed E-state index contributed by atoms with van der Waals surface area (Å²) in [5, 5.41) is 3.46. The fraction of sp³-hybridized carbons (Fsp3) is 0.667. The topological polar surface area (TPSA) is 62.3 Å². The summed E-state index contributed by atoms with van der Waals surface area (Å²) in [6.45, 7) is 6.08. The lowest BCUT2D eigenvalue weighted by Crippen LogP contribution is -2.32. The number of rotatable bonds is 5. The zero-order chi connectivity index (χ0) is 15.3. The average molecular weight is 311 g/mol. The highest BCUT2D eigenvalue weighted by Gasteiger charge is 2.26. The highest BCUT2D eigenvalue weighted by atomic mass is 32.2. The van der Waals surface area contributed by atoms with E-state index in [9.17, 15) is 8.42 Å². The van der Waals surface area contributed by atoms with E-state index in [1.165, 1.54) is 0 Å². The van der Waals surface area contributed by atoms with Crippen molar-refractivity contribution >= 4 is 10.0 Å². The first-order chi connectivity index (χ1) is 10.00. The SMILES string of the molecule is CC(C)NCc1ccc(S(=O)(=O)N2CCCCCC2)nc1. The van der Waals surface area contributed by atoms with Crippen LogP contribution in [0, 0.1) is 0 Å². The van der Waals surface area contributed by atoms with Gasteiger partial charge in [-0.1, -0.05) is 32.8 Å². The van der Waals surface area contributed by atoms with Gasteiger partial charge in [0.1, 0.15) is 0 Å². The molecule has 1 N–H and O–H groups in total. The second kappa shape index (κ2) is 7.33. The Balaban J connectivity index is 2.09. The van der Waals surface area contributed by atoms with Gasteiger partial charge >= 0.3 is 0 Å². The minimum atomic E-state index is -3.43. The van der Waals surface area contributed by atoms with E-state index in [-0.39, 0.29) is 5.03 Å². The predicted molar refractivity (Wildman–Crippen MR) is 83.4 cm³/mol. The van der Waals surface area contributed by atoms with Crippen molar-refractivity contribution in [2.24, 2.45) is 0 Å². The fourth-order valence-corrected chi connectivity index (χ4v) is 3.83. The summed E-state index contributed by atoms with van der Waals surface area (Å²) < 4.78 is 26.7. The summed E-state index contributed by atoms with van der Waals surface area (Å²) >= 11 is 0. The lowest BCUT2D eigenvalue weighted by atomic mass is 10.2. The normalized spacial score (nSPS) is 17.9. The number of aromatic nitrogens is 1. The zero-order valence-electron chi connectivity index (χ0n) is 12.9. The molecule has 0 aliphatic carbocycles. The van der Waals surface area contributed by atoms with Crippen LogP contribution < -0.4 is 5.32 Å². The molecular weight excluding hydrogens is 286 g/mol. The quantitative estimate of drug-likeness (QED) is 0.905. The monoisotopic (exact) mass is 311 g/mol. The molecule has 5 nitrogen and oxygen atoms in total. The van der Waals surface area contributed by atoms with Crippen molar-refractivity contribution in [1.82, 2.24) is 14.6 Å². The van der Waals surface area contributed by atoms with Crippen LogP contribution in [-0.2, 0) is 16.6 Å². The number of pyridine rings is 1. The van der Waals surface area contributed by atoms with Crippen molar-refractivity contribution in [2.45, 2.75) is 57.1 Å². The van der Waals surface area contributed by atoms with E-state index >= 15 is 0 Å². The smallest absolute Gasteiger partial charge is 0.260 e. The van der Waals surface area contributed by atoms with Crippen molar-refractivity contribution in [3.8, 4) is 0 Å². The van der Waals surface area contributed by atoms with E-state index in [1.807, 2.05) is 6.07 Å². The Hall–Kier alpha value is -0.980. The molecule has 1 saturated heterocycles. The van der Waals surface area contributed by atoms with Crippen LogP contribution in [0.15, 0.2) is 23.4 Å². The molecule has 1 aliphatic rings. The summed E-state index contributed by atoms with van der Waals surface area (Å²) in [6.07, 6.45) is 5.75. The summed E-state index contributed by atoms with van der Waals surface area (Å²) in [6, 6.07) is 3.86. The number of hydrogen-bond donors (Lipinski definition) is 1. The predicted octanol–water partition coefficient (Wildman–Crippen LogP) is 2.14. The highest BCUT2D eigenvalue weighted by molar-refractivity contribution is 7.89. The molecule has 1 fully saturated rings. The summed E-state index contributed by atoms with van der Waals surface area (Å²) in [5.41, 5.74) is 0.999. The third kappa shape index (κ3) is 4.49. The van der Waals surface area contributed by atoms with E-state index in [1.54, 1.807) is 16.6 Å². The molecule has 0 amide bonds. The lowest BCUT2D eigenvalue weighted by molar-refractivity contribution is 0.421. The van der Waals surface area contributed by atoms with Gasteiger partial charge in [-0.3, -0.25) is 0 Å². The molecule has 118 valence electrons. The van der Waals surface area contributed by atoms with Crippen molar-refractivity contribution < 1.29 is 8.42 Å². The number of hydrogen-bond acceptors (Lipinski definition) is 4. The van der Waals surface area contributed by atoms with Crippen LogP contribution in [-0.4, -0.2) is 36.8 Å². The molecule has 6 heteroatoms. The van der Waals surface area contributed by atoms with Gasteiger partial charge < -0.3 is 5.32 Å². The van der Waals surface area contributed by atoms with Gasteiger partial charge in [-0.25, -0.2) is 13.4 Å². The van der Waals surface area contributed by atoms with Crippen LogP contribution in [0.2, 0.25) is 0 Å². The van der Waals surface area contributed by atoms with E-state index < -0.39 is 10.0 Å². The van der Waals surface area contributed by atoms with Gasteiger partial charge in [0.15, 0.2) is 5.03 Å². The summed E-state index contributed by atoms with van der Waals surface area (Å²) in [4.78, 5) is 4.16. The van der Waals surface area contributed by atoms with Crippen LogP contribution in [0.1, 0.15) is 45.1 Å². The molecule has 21 heavy (non-hydrogen) atoms. The summed E-state index contributed by atoms with van der Waals surface area (Å²) in [5.74, 6) is 0. The van der Waals surface area contributed by atoms with Crippen LogP contribution in [0.25, 0.3) is 0 Å². The minimum Gasteiger partial charge on any atom is -0.310 e. The molecule has 1 aliphatic heterocycles. The highest BCUT2D eigenvalue weighted by Crippen LogP contribution is 2.18. The van der Waals surface area contributed by atoms with E-state index in [2.05, 4.69) is 24.1 Å². The first-order valence-corrected chi connectivity index (χ1v) is 9.12. The molecule has 0 spiro atoms. The number of nitrogens with one attached hydrogen (secondary N) is 1. The van der Waals surface area contributed by atoms with Crippen molar-refractivity contribution in [3.63, 3.8) is 0 Å². The van der Waals surface area contributed by atoms with Crippen molar-refractivity contribution in [1.29, 1.82) is 0 Å². The third-order valence-corrected chi connectivity index (χ3v) is 5.50. The molecule has 0 bridgehead atoms. The molecule has 2 heterocycles. The zero-order valence-corrected chi connectivity index (χ0v) is 13.7. The van der Waals surface area contributed by atoms with Crippen LogP contribution >= 0.6 is 0 Å². The van der Waals surface area contributed by atoms with Crippen LogP contribution in [0.3, 0.4) is 0 Å². The summed E-state index contributed by atoms with van der Waals surface area (Å²) in [7, 11) is -3.43. The molecule has 0 radical (unpaired) electrons. The van der Waals surface area contributed by atoms with Crippen molar-refractivity contribution in [2.75, 3.05) is 13.1 Å². The van der Waals surface area contributed by atoms with Gasteiger partial charge in [-0.05, 0) is 24.5 Å². The van der Waals surface area contributed by atoms with Gasteiger partial charge in [-0.15, -0.1) is 0 Å². The second-order valence-corrected chi connectivity index (χ2v) is 7.74. The third-order valence-electron chi connectivity index (χ3n) is 3.68. The van der Waals surface area contributed by atoms with E-state index in [0.717, 1.165) is 31.2 Å². The largest absolute Gasteiger partial charge is 0.310 e. The van der Waals surface area contributed by atoms with Gasteiger partial charge in [0.05, 0.1) is 0 Å². The van der Waals surface area contributed by atoms with Gasteiger partial charge in [0, 0.05) is 31.9 Å². The van der Waals surface area contributed by atoms with Crippen molar-refractivity contribution in [3.05, 3.63) is 23.9 Å². The average Bonchev–Trinajstić information content (AvgIpc) is 2.75. The van der Waals surface area contributed by atoms with Gasteiger partial charge in [0.25, 0.3) is 10.0 Å². The Morgan fingerprint density at radius 2 is 1.86 bits per heavy atom. The number of nitrogens with zero attached hydrogens (tertiary/aromatic N) is 2. The van der Waals surface area contributed by atoms with E-state index in [4.69, 9.17) is 0 Å². The maximum atomic E-state index is 12.6. The molecule has 0 unspecified atom stereocenters. The van der Waals surface area contributed by atoms with Crippen LogP contribution in [0.5, 0.6) is 0 Å². The first kappa shape index (κ1) is 16.4. The standard InChI is InChI=1S/C15H25N3O2S/c1-13(2)16-11-14-7-8-15(17-12-14)21(19,20)18-9-5-3-4-6-10-18/h7-8,12-13,16H,3-6,9-11H2,1-2H3. The lowest BCUT2D eigenvalue weighted by Gasteiger charge is -2.19. The molecule has 0 saturated carbocycles. The Morgan fingerprint density at radius 1 is 1.19 bits per heavy atom. The molecule has 2 rings (SSSR count). The second-order valence-electron chi connectivity index (χ2n) is 5.86. The molecular formula is C15H25N3O2S. The van der Waals surface area contributed by atoms with Gasteiger partial charge in [-0.2, -0.15) is 4.31 Å². The molecule has 1 aromatic heterocycles. The fourth-order valence-electron chi connectivity index (χ4n) is 2.40. The molecule has 1 aromatic rings. The molecule has 0 aromatic carbocycles. The Kier molecular flexibility index (Phi) is 5.72. The maximum absolute atomic E-state index is 12.6. The first-order valence-electron chi connectivity index (χ1n) is 7.68.